The van der Waals surface area contributed by atoms with E-state index in [0.717, 1.165) is 0 Å². The van der Waals surface area contributed by atoms with Gasteiger partial charge in [0.2, 0.25) is 0 Å². The van der Waals surface area contributed by atoms with Crippen molar-refractivity contribution in [1.29, 1.82) is 0 Å². The molecule has 0 fully saturated rings. The van der Waals surface area contributed by atoms with Gasteiger partial charge >= 0.3 is 0 Å². The summed E-state index contributed by atoms with van der Waals surface area (Å²) < 4.78 is 0. The topological polar surface area (TPSA) is 162 Å². The maximum atomic E-state index is 8.48. The van der Waals surface area contributed by atoms with E-state index in [1.54, 1.807) is 0 Å². The molecule has 0 unspecified atom stereocenters. The molecule has 0 bridgehead atoms. The average molecular weight is 339 g/mol. The Kier molecular flexibility index (Phi) is 108. The van der Waals surface area contributed by atoms with Crippen LogP contribution >= 0.6 is 8.60 Å². The number of hydrogen-bond donors (Lipinski definition) is 0. The molecule has 0 heterocycles. The Morgan fingerprint density at radius 1 is 0.875 bits per heavy atom. The molecule has 0 aliphatic heterocycles. The standard InChI is InChI=1S/O3P.3H2O.Pb/c1-4(2)3;;;;/h;3*1H2;/q-3;;;;/p-1. The van der Waals surface area contributed by atoms with Crippen LogP contribution in [0, 0.1) is 0 Å². The van der Waals surface area contributed by atoms with E-state index in [0.29, 0.717) is 0 Å². The maximum absolute atomic E-state index is 8.48. The van der Waals surface area contributed by atoms with Gasteiger partial charge in [0, 0.05) is 27.3 Å². The van der Waals surface area contributed by atoms with Gasteiger partial charge in [-0.1, -0.05) is 0 Å². The first-order chi connectivity index (χ1) is 1.73. The van der Waals surface area contributed by atoms with E-state index in [1.807, 2.05) is 0 Å². The summed E-state index contributed by atoms with van der Waals surface area (Å²) in [4.78, 5) is 25.4. The molecule has 0 atom stereocenters. The minimum atomic E-state index is -3.37. The largest absolute Gasteiger partial charge is 0.870 e. The molecule has 0 aromatic rings. The second-order valence-electron chi connectivity index (χ2n) is 0.224. The zero-order chi connectivity index (χ0) is 3.58. The minimum Gasteiger partial charge on any atom is -0.870 e. The van der Waals surface area contributed by atoms with Gasteiger partial charge in [-0.05, 0) is 0 Å². The smallest absolute Gasteiger partial charge is 0 e. The van der Waals surface area contributed by atoms with Gasteiger partial charge in [0.15, 0.2) is 0 Å². The SMILES string of the molecule is O.O.[O-]P([O-])[O-].[OH-].[Pb]. The molecule has 0 aliphatic carbocycles. The molecule has 8 heteroatoms. The Hall–Kier alpha value is 1.11. The van der Waals surface area contributed by atoms with Gasteiger partial charge in [-0.25, -0.2) is 0 Å². The summed E-state index contributed by atoms with van der Waals surface area (Å²) in [7, 11) is -3.37. The van der Waals surface area contributed by atoms with Crippen LogP contribution in [0.15, 0.2) is 0 Å². The molecular weight excluding hydrogens is 334 g/mol. The van der Waals surface area contributed by atoms with Crippen LogP contribution in [-0.4, -0.2) is 43.7 Å². The van der Waals surface area contributed by atoms with Crippen LogP contribution in [0.25, 0.3) is 0 Å². The average Bonchev–Trinajstić information content (AvgIpc) is 0.811. The first kappa shape index (κ1) is 35.5. The number of rotatable bonds is 0. The van der Waals surface area contributed by atoms with Crippen molar-refractivity contribution in [3.63, 3.8) is 0 Å². The van der Waals surface area contributed by atoms with Crippen molar-refractivity contribution in [1.82, 2.24) is 0 Å². The summed E-state index contributed by atoms with van der Waals surface area (Å²) >= 11 is 0. The monoisotopic (exact) mass is 340 g/mol. The van der Waals surface area contributed by atoms with E-state index in [9.17, 15) is 0 Å². The fraction of sp³-hybridized carbons (Fsp3) is 0. The quantitative estimate of drug-likeness (QED) is 0.319. The molecule has 0 aliphatic rings. The van der Waals surface area contributed by atoms with Gasteiger partial charge in [-0.15, -0.1) is 0 Å². The Morgan fingerprint density at radius 3 is 0.875 bits per heavy atom. The summed E-state index contributed by atoms with van der Waals surface area (Å²) in [5.74, 6) is 0. The summed E-state index contributed by atoms with van der Waals surface area (Å²) in [6.07, 6.45) is 0. The molecule has 54 valence electrons. The third-order valence-corrected chi connectivity index (χ3v) is 0. The zero-order valence-corrected chi connectivity index (χ0v) is 8.40. The van der Waals surface area contributed by atoms with E-state index in [-0.39, 0.29) is 43.7 Å². The Bertz CT molecular complexity index is 13.2. The van der Waals surface area contributed by atoms with E-state index < -0.39 is 8.60 Å². The van der Waals surface area contributed by atoms with E-state index in [2.05, 4.69) is 0 Å². The maximum Gasteiger partial charge on any atom is 0 e. The second kappa shape index (κ2) is 24.3. The first-order valence-corrected chi connectivity index (χ1v) is 1.64. The van der Waals surface area contributed by atoms with Crippen LogP contribution in [-0.2, 0) is 0 Å². The van der Waals surface area contributed by atoms with Crippen LogP contribution in [0.4, 0.5) is 0 Å². The molecule has 0 rings (SSSR count). The summed E-state index contributed by atoms with van der Waals surface area (Å²) in [5, 5.41) is 0. The Balaban J connectivity index is -0.00000000750. The molecule has 0 spiro atoms. The van der Waals surface area contributed by atoms with Crippen molar-refractivity contribution < 1.29 is 31.1 Å². The molecule has 0 saturated carbocycles. The van der Waals surface area contributed by atoms with Gasteiger partial charge in [0.1, 0.15) is 0 Å². The predicted molar refractivity (Wildman–Crippen MR) is 21.8 cm³/mol. The molecule has 0 aromatic heterocycles. The molecule has 6 nitrogen and oxygen atoms in total. The van der Waals surface area contributed by atoms with Gasteiger partial charge < -0.3 is 39.7 Å². The van der Waals surface area contributed by atoms with Gasteiger partial charge in [-0.2, -0.15) is 0 Å². The normalized spacial score (nSPS) is 4.50. The molecule has 4 radical (unpaired) electrons. The van der Waals surface area contributed by atoms with Crippen molar-refractivity contribution in [2.24, 2.45) is 0 Å². The van der Waals surface area contributed by atoms with E-state index in [1.165, 1.54) is 0 Å². The van der Waals surface area contributed by atoms with Crippen molar-refractivity contribution in [2.75, 3.05) is 0 Å². The second-order valence-corrected chi connectivity index (χ2v) is 0.671. The van der Waals surface area contributed by atoms with Crippen molar-refractivity contribution >= 4 is 35.9 Å². The Morgan fingerprint density at radius 2 is 0.875 bits per heavy atom. The summed E-state index contributed by atoms with van der Waals surface area (Å²) in [5.41, 5.74) is 0. The first-order valence-electron chi connectivity index (χ1n) is 0.548. The molecule has 8 heavy (non-hydrogen) atoms. The predicted octanol–water partition coefficient (Wildman–Crippen LogP) is -4.91. The van der Waals surface area contributed by atoms with Crippen LogP contribution < -0.4 is 14.7 Å². The Labute approximate surface area is 67.2 Å². The fourth-order valence-corrected chi connectivity index (χ4v) is 0. The fourth-order valence-electron chi connectivity index (χ4n) is 0. The van der Waals surface area contributed by atoms with E-state index in [4.69, 9.17) is 14.7 Å². The molecule has 0 aromatic carbocycles. The van der Waals surface area contributed by atoms with Gasteiger partial charge in [0.25, 0.3) is 0 Å². The van der Waals surface area contributed by atoms with Crippen molar-refractivity contribution in [3.8, 4) is 0 Å². The number of hydrogen-bond acceptors (Lipinski definition) is 4. The minimum absolute atomic E-state index is 0. The molecular formula is H5O6PPb-4. The third-order valence-electron chi connectivity index (χ3n) is 0. The van der Waals surface area contributed by atoms with Crippen molar-refractivity contribution in [3.05, 3.63) is 0 Å². The van der Waals surface area contributed by atoms with E-state index >= 15 is 0 Å². The summed E-state index contributed by atoms with van der Waals surface area (Å²) in [6.45, 7) is 0. The van der Waals surface area contributed by atoms with Crippen LogP contribution in [0.2, 0.25) is 0 Å². The summed E-state index contributed by atoms with van der Waals surface area (Å²) in [6, 6.07) is 0. The molecule has 0 amide bonds. The van der Waals surface area contributed by atoms with Crippen LogP contribution in [0.5, 0.6) is 0 Å². The zero-order valence-electron chi connectivity index (χ0n) is 3.62. The van der Waals surface area contributed by atoms with Crippen molar-refractivity contribution in [2.45, 2.75) is 0 Å². The van der Waals surface area contributed by atoms with Gasteiger partial charge in [-0.3, -0.25) is 0 Å². The van der Waals surface area contributed by atoms with Gasteiger partial charge in [0.05, 0.1) is 0 Å². The van der Waals surface area contributed by atoms with Crippen LogP contribution in [0.1, 0.15) is 0 Å². The van der Waals surface area contributed by atoms with Crippen LogP contribution in [0.3, 0.4) is 0 Å². The third kappa shape index (κ3) is 215. The molecule has 0 saturated heterocycles. The molecule has 5 N–H and O–H groups in total.